The van der Waals surface area contributed by atoms with Crippen LogP contribution in [0.15, 0.2) is 73.1 Å². The molecule has 0 saturated heterocycles. The van der Waals surface area contributed by atoms with Crippen molar-refractivity contribution in [2.24, 2.45) is 7.05 Å². The molecular weight excluding hydrogens is 310 g/mol. The number of hydrogen-bond donors (Lipinski definition) is 0. The Morgan fingerprint density at radius 2 is 1.46 bits per heavy atom. The summed E-state index contributed by atoms with van der Waals surface area (Å²) in [6, 6.07) is 21.5. The first-order valence-corrected chi connectivity index (χ1v) is 9.67. The lowest BCUT2D eigenvalue weighted by atomic mass is 9.87. The number of hydrogen-bond acceptors (Lipinski definition) is 1. The molecule has 0 fully saturated rings. The summed E-state index contributed by atoms with van der Waals surface area (Å²) in [6.45, 7) is 6.72. The lowest BCUT2D eigenvalue weighted by Gasteiger charge is -2.21. The van der Waals surface area contributed by atoms with Crippen molar-refractivity contribution >= 4 is 19.4 Å². The van der Waals surface area contributed by atoms with Gasteiger partial charge in [-0.15, -0.1) is 0 Å². The lowest BCUT2D eigenvalue weighted by molar-refractivity contribution is 0.587. The van der Waals surface area contributed by atoms with Crippen LogP contribution in [-0.4, -0.2) is 13.6 Å². The molecule has 3 heteroatoms. The largest absolute Gasteiger partial charge is 0.532 e. The minimum absolute atomic E-state index is 0.165. The normalized spacial score (nSPS) is 11.7. The van der Waals surface area contributed by atoms with E-state index in [1.165, 1.54) is 15.9 Å². The maximum absolute atomic E-state index is 6.41. The number of benzene rings is 2. The first kappa shape index (κ1) is 16.6. The maximum atomic E-state index is 6.41. The molecule has 0 atom stereocenters. The SMILES string of the molecule is Cn1ccc(O[Si](c2ccccc2)c2ccc(C(C)(C)C)cc2)c1. The summed E-state index contributed by atoms with van der Waals surface area (Å²) in [5, 5.41) is 2.53. The second kappa shape index (κ2) is 6.69. The second-order valence-corrected chi connectivity index (χ2v) is 9.15. The van der Waals surface area contributed by atoms with Crippen molar-refractivity contribution < 1.29 is 4.43 Å². The molecule has 1 radical (unpaired) electrons. The highest BCUT2D eigenvalue weighted by Crippen LogP contribution is 2.21. The van der Waals surface area contributed by atoms with Crippen molar-refractivity contribution in [1.82, 2.24) is 4.57 Å². The highest BCUT2D eigenvalue weighted by molar-refractivity contribution is 6.80. The Kier molecular flexibility index (Phi) is 4.63. The van der Waals surface area contributed by atoms with Gasteiger partial charge < -0.3 is 8.99 Å². The number of aryl methyl sites for hydroxylation is 1. The molecule has 123 valence electrons. The van der Waals surface area contributed by atoms with Crippen molar-refractivity contribution in [3.63, 3.8) is 0 Å². The summed E-state index contributed by atoms with van der Waals surface area (Å²) >= 11 is 0. The van der Waals surface area contributed by atoms with Crippen LogP contribution in [0.25, 0.3) is 0 Å². The quantitative estimate of drug-likeness (QED) is 0.666. The molecule has 1 aromatic heterocycles. The molecule has 0 spiro atoms. The fourth-order valence-corrected chi connectivity index (χ4v) is 4.54. The minimum atomic E-state index is -1.31. The van der Waals surface area contributed by atoms with E-state index < -0.39 is 9.04 Å². The molecule has 0 saturated carbocycles. The van der Waals surface area contributed by atoms with Crippen molar-refractivity contribution in [2.45, 2.75) is 26.2 Å². The highest BCUT2D eigenvalue weighted by atomic mass is 28.3. The molecule has 0 bridgehead atoms. The molecule has 2 nitrogen and oxygen atoms in total. The maximum Gasteiger partial charge on any atom is 0.352 e. The molecule has 0 unspecified atom stereocenters. The summed E-state index contributed by atoms with van der Waals surface area (Å²) in [5.74, 6) is 0.926. The van der Waals surface area contributed by atoms with Gasteiger partial charge in [-0.05, 0) is 27.4 Å². The first-order chi connectivity index (χ1) is 11.4. The van der Waals surface area contributed by atoms with E-state index in [2.05, 4.69) is 69.3 Å². The Balaban J connectivity index is 1.95. The third-order valence-corrected chi connectivity index (χ3v) is 6.23. The van der Waals surface area contributed by atoms with Crippen LogP contribution in [0.4, 0.5) is 0 Å². The minimum Gasteiger partial charge on any atom is -0.532 e. The van der Waals surface area contributed by atoms with Gasteiger partial charge in [0, 0.05) is 19.4 Å². The first-order valence-electron chi connectivity index (χ1n) is 8.26. The van der Waals surface area contributed by atoms with Crippen LogP contribution in [0.5, 0.6) is 5.75 Å². The molecule has 3 aromatic rings. The van der Waals surface area contributed by atoms with Gasteiger partial charge >= 0.3 is 9.04 Å². The van der Waals surface area contributed by atoms with Gasteiger partial charge in [-0.1, -0.05) is 75.4 Å². The van der Waals surface area contributed by atoms with Gasteiger partial charge in [0.2, 0.25) is 0 Å². The smallest absolute Gasteiger partial charge is 0.352 e. The monoisotopic (exact) mass is 334 g/mol. The fourth-order valence-electron chi connectivity index (χ4n) is 2.65. The van der Waals surface area contributed by atoms with E-state index in [1.54, 1.807) is 0 Å². The van der Waals surface area contributed by atoms with E-state index in [4.69, 9.17) is 4.43 Å². The van der Waals surface area contributed by atoms with Gasteiger partial charge in [0.05, 0.1) is 0 Å². The molecular formula is C21H24NOSi. The third kappa shape index (κ3) is 3.79. The van der Waals surface area contributed by atoms with Gasteiger partial charge in [0.15, 0.2) is 0 Å². The van der Waals surface area contributed by atoms with Crippen LogP contribution in [-0.2, 0) is 12.5 Å². The zero-order valence-electron chi connectivity index (χ0n) is 14.8. The average Bonchev–Trinajstić information content (AvgIpc) is 2.98. The van der Waals surface area contributed by atoms with Gasteiger partial charge in [-0.25, -0.2) is 0 Å². The summed E-state index contributed by atoms with van der Waals surface area (Å²) in [7, 11) is 0.700. The number of nitrogens with zero attached hydrogens (tertiary/aromatic N) is 1. The highest BCUT2D eigenvalue weighted by Gasteiger charge is 2.23. The van der Waals surface area contributed by atoms with E-state index in [9.17, 15) is 0 Å². The molecule has 0 aliphatic heterocycles. The Bertz CT molecular complexity index is 785. The predicted molar refractivity (Wildman–Crippen MR) is 103 cm³/mol. The van der Waals surface area contributed by atoms with E-state index in [0.717, 1.165) is 5.75 Å². The molecule has 0 N–H and O–H groups in total. The average molecular weight is 335 g/mol. The molecule has 0 aliphatic carbocycles. The zero-order chi connectivity index (χ0) is 17.2. The summed E-state index contributed by atoms with van der Waals surface area (Å²) in [6.07, 6.45) is 4.04. The fraction of sp³-hybridized carbons (Fsp3) is 0.238. The Morgan fingerprint density at radius 3 is 2.00 bits per heavy atom. The van der Waals surface area contributed by atoms with Gasteiger partial charge in [-0.3, -0.25) is 0 Å². The van der Waals surface area contributed by atoms with Crippen molar-refractivity contribution in [1.29, 1.82) is 0 Å². The third-order valence-electron chi connectivity index (χ3n) is 4.07. The molecule has 24 heavy (non-hydrogen) atoms. The molecule has 0 amide bonds. The van der Waals surface area contributed by atoms with Crippen LogP contribution < -0.4 is 14.8 Å². The van der Waals surface area contributed by atoms with Gasteiger partial charge in [0.1, 0.15) is 5.75 Å². The van der Waals surface area contributed by atoms with Crippen molar-refractivity contribution in [3.8, 4) is 5.75 Å². The lowest BCUT2D eigenvalue weighted by Crippen LogP contribution is -2.47. The summed E-state index contributed by atoms with van der Waals surface area (Å²) < 4.78 is 8.43. The van der Waals surface area contributed by atoms with Crippen LogP contribution in [0, 0.1) is 0 Å². The van der Waals surface area contributed by atoms with Crippen LogP contribution in [0.2, 0.25) is 0 Å². The van der Waals surface area contributed by atoms with E-state index in [0.29, 0.717) is 0 Å². The zero-order valence-corrected chi connectivity index (χ0v) is 15.8. The summed E-state index contributed by atoms with van der Waals surface area (Å²) in [5.41, 5.74) is 1.51. The Morgan fingerprint density at radius 1 is 0.833 bits per heavy atom. The number of aromatic nitrogens is 1. The Labute approximate surface area is 146 Å². The van der Waals surface area contributed by atoms with E-state index in [1.807, 2.05) is 36.1 Å². The van der Waals surface area contributed by atoms with Crippen LogP contribution in [0.3, 0.4) is 0 Å². The van der Waals surface area contributed by atoms with Crippen molar-refractivity contribution in [2.75, 3.05) is 0 Å². The topological polar surface area (TPSA) is 14.2 Å². The van der Waals surface area contributed by atoms with E-state index >= 15 is 0 Å². The molecule has 3 rings (SSSR count). The standard InChI is InChI=1S/C21H24NOSi/c1-21(2,3)17-10-12-20(13-11-17)24(19-8-6-5-7-9-19)23-18-14-15-22(4)16-18/h5-16H,1-4H3. The Hall–Kier alpha value is -2.26. The predicted octanol–water partition coefficient (Wildman–Crippen LogP) is 3.51. The van der Waals surface area contributed by atoms with E-state index in [-0.39, 0.29) is 5.41 Å². The van der Waals surface area contributed by atoms with Crippen LogP contribution >= 0.6 is 0 Å². The summed E-state index contributed by atoms with van der Waals surface area (Å²) in [4.78, 5) is 0. The van der Waals surface area contributed by atoms with Gasteiger partial charge in [-0.2, -0.15) is 0 Å². The number of rotatable bonds is 4. The van der Waals surface area contributed by atoms with Crippen LogP contribution in [0.1, 0.15) is 26.3 Å². The molecule has 0 aliphatic rings. The molecule has 1 heterocycles. The second-order valence-electron chi connectivity index (χ2n) is 7.14. The van der Waals surface area contributed by atoms with Crippen molar-refractivity contribution in [3.05, 3.63) is 78.6 Å². The van der Waals surface area contributed by atoms with Gasteiger partial charge in [0.25, 0.3) is 0 Å². The molecule has 2 aromatic carbocycles.